The van der Waals surface area contributed by atoms with Crippen LogP contribution in [0.5, 0.6) is 0 Å². The molecule has 1 aliphatic rings. The Morgan fingerprint density at radius 2 is 1.64 bits per heavy atom. The zero-order valence-corrected chi connectivity index (χ0v) is 19.2. The first-order chi connectivity index (χ1) is 16.0. The van der Waals surface area contributed by atoms with Crippen molar-refractivity contribution in [3.8, 4) is 0 Å². The van der Waals surface area contributed by atoms with Crippen molar-refractivity contribution in [2.45, 2.75) is 38.8 Å². The average Bonchev–Trinajstić information content (AvgIpc) is 3.35. The van der Waals surface area contributed by atoms with E-state index in [1.807, 2.05) is 18.2 Å². The molecular formula is C25H27ClN4O3. The van der Waals surface area contributed by atoms with Gasteiger partial charge in [-0.2, -0.15) is 5.10 Å². The minimum atomic E-state index is -0.238. The van der Waals surface area contributed by atoms with Gasteiger partial charge in [0.2, 0.25) is 5.91 Å². The predicted octanol–water partition coefficient (Wildman–Crippen LogP) is 3.43. The van der Waals surface area contributed by atoms with Crippen molar-refractivity contribution in [1.29, 1.82) is 0 Å². The van der Waals surface area contributed by atoms with Crippen molar-refractivity contribution in [2.75, 3.05) is 19.6 Å². The molecule has 33 heavy (non-hydrogen) atoms. The van der Waals surface area contributed by atoms with E-state index in [1.165, 1.54) is 17.5 Å². The monoisotopic (exact) mass is 466 g/mol. The summed E-state index contributed by atoms with van der Waals surface area (Å²) in [5, 5.41) is 9.31. The van der Waals surface area contributed by atoms with E-state index < -0.39 is 0 Å². The molecule has 1 aliphatic heterocycles. The minimum absolute atomic E-state index is 0.0774. The van der Waals surface area contributed by atoms with Crippen molar-refractivity contribution in [3.05, 3.63) is 75.2 Å². The highest BCUT2D eigenvalue weighted by Gasteiger charge is 2.15. The number of amides is 1. The van der Waals surface area contributed by atoms with Crippen molar-refractivity contribution in [2.24, 2.45) is 0 Å². The Morgan fingerprint density at radius 1 is 0.939 bits per heavy atom. The van der Waals surface area contributed by atoms with Crippen LogP contribution in [0.1, 0.15) is 41.7 Å². The summed E-state index contributed by atoms with van der Waals surface area (Å²) >= 11 is 5.85. The molecule has 1 saturated heterocycles. The molecule has 0 radical (unpaired) electrons. The fourth-order valence-electron chi connectivity index (χ4n) is 4.11. The molecule has 7 nitrogen and oxygen atoms in total. The lowest BCUT2D eigenvalue weighted by atomic mass is 10.1. The first-order valence-electron chi connectivity index (χ1n) is 11.3. The highest BCUT2D eigenvalue weighted by molar-refractivity contribution is 6.30. The molecule has 0 unspecified atom stereocenters. The summed E-state index contributed by atoms with van der Waals surface area (Å²) in [5.41, 5.74) is 1.06. The summed E-state index contributed by atoms with van der Waals surface area (Å²) in [7, 11) is 0. The summed E-state index contributed by atoms with van der Waals surface area (Å²) < 4.78 is 1.51. The number of ketones is 1. The number of rotatable bonds is 9. The number of aromatic nitrogens is 2. The average molecular weight is 467 g/mol. The molecule has 172 valence electrons. The third kappa shape index (κ3) is 5.86. The van der Waals surface area contributed by atoms with E-state index in [1.54, 1.807) is 30.3 Å². The van der Waals surface area contributed by atoms with E-state index >= 15 is 0 Å². The molecule has 0 atom stereocenters. The van der Waals surface area contributed by atoms with Crippen molar-refractivity contribution in [1.82, 2.24) is 20.0 Å². The van der Waals surface area contributed by atoms with Gasteiger partial charge in [-0.05, 0) is 56.3 Å². The van der Waals surface area contributed by atoms with Crippen LogP contribution < -0.4 is 10.9 Å². The van der Waals surface area contributed by atoms with Gasteiger partial charge in [0.05, 0.1) is 24.2 Å². The second-order valence-corrected chi connectivity index (χ2v) is 8.71. The van der Waals surface area contributed by atoms with Crippen molar-refractivity contribution in [3.63, 3.8) is 0 Å². The molecule has 1 N–H and O–H groups in total. The SMILES string of the molecule is O=C(CCC(=O)c1ccc(Cl)cc1)NCc1nn(CCN2CCCC2)c(=O)c2ccccc12. The lowest BCUT2D eigenvalue weighted by Crippen LogP contribution is -2.32. The Kier molecular flexibility index (Phi) is 7.52. The van der Waals surface area contributed by atoms with Gasteiger partial charge in [-0.15, -0.1) is 0 Å². The summed E-state index contributed by atoms with van der Waals surface area (Å²) in [6.45, 7) is 3.60. The second-order valence-electron chi connectivity index (χ2n) is 8.28. The first kappa shape index (κ1) is 23.1. The van der Waals surface area contributed by atoms with E-state index in [-0.39, 0.29) is 36.6 Å². The first-order valence-corrected chi connectivity index (χ1v) is 11.7. The maximum atomic E-state index is 12.9. The number of hydrogen-bond acceptors (Lipinski definition) is 5. The van der Waals surface area contributed by atoms with Gasteiger partial charge < -0.3 is 10.2 Å². The predicted molar refractivity (Wildman–Crippen MR) is 129 cm³/mol. The normalized spacial score (nSPS) is 14.0. The highest BCUT2D eigenvalue weighted by atomic mass is 35.5. The molecule has 2 aromatic carbocycles. The Hall–Kier alpha value is -3.03. The number of halogens is 1. The summed E-state index contributed by atoms with van der Waals surface area (Å²) in [6, 6.07) is 14.0. The number of hydrogen-bond donors (Lipinski definition) is 1. The topological polar surface area (TPSA) is 84.3 Å². The van der Waals surface area contributed by atoms with Crippen molar-refractivity contribution >= 4 is 34.1 Å². The van der Waals surface area contributed by atoms with Gasteiger partial charge in [-0.1, -0.05) is 29.8 Å². The summed E-state index contributed by atoms with van der Waals surface area (Å²) in [5.74, 6) is -0.348. The van der Waals surface area contributed by atoms with Crippen LogP contribution in [0.4, 0.5) is 0 Å². The van der Waals surface area contributed by atoms with Gasteiger partial charge in [0, 0.05) is 35.4 Å². The van der Waals surface area contributed by atoms with E-state index in [0.717, 1.165) is 25.0 Å². The van der Waals surface area contributed by atoms with Gasteiger partial charge >= 0.3 is 0 Å². The Labute approximate surface area is 197 Å². The molecule has 8 heteroatoms. The van der Waals surface area contributed by atoms with E-state index in [0.29, 0.717) is 28.2 Å². The third-order valence-corrected chi connectivity index (χ3v) is 6.22. The van der Waals surface area contributed by atoms with Gasteiger partial charge in [-0.3, -0.25) is 14.4 Å². The maximum absolute atomic E-state index is 12.9. The van der Waals surface area contributed by atoms with E-state index in [9.17, 15) is 14.4 Å². The van der Waals surface area contributed by atoms with E-state index in [2.05, 4.69) is 15.3 Å². The molecule has 0 spiro atoms. The Balaban J connectivity index is 1.41. The lowest BCUT2D eigenvalue weighted by Gasteiger charge is -2.16. The maximum Gasteiger partial charge on any atom is 0.274 e. The van der Waals surface area contributed by atoms with Crippen LogP contribution >= 0.6 is 11.6 Å². The second kappa shape index (κ2) is 10.7. The largest absolute Gasteiger partial charge is 0.350 e. The lowest BCUT2D eigenvalue weighted by molar-refractivity contribution is -0.121. The van der Waals surface area contributed by atoms with Crippen LogP contribution in [0.15, 0.2) is 53.3 Å². The highest BCUT2D eigenvalue weighted by Crippen LogP contribution is 2.15. The molecule has 0 bridgehead atoms. The number of benzene rings is 2. The number of nitrogens with one attached hydrogen (secondary N) is 1. The molecule has 4 rings (SSSR count). The number of nitrogens with zero attached hydrogens (tertiary/aromatic N) is 3. The van der Waals surface area contributed by atoms with Crippen LogP contribution in [0.25, 0.3) is 10.8 Å². The molecule has 0 aliphatic carbocycles. The van der Waals surface area contributed by atoms with Gasteiger partial charge in [0.15, 0.2) is 5.78 Å². The molecule has 3 aromatic rings. The number of carbonyl (C=O) groups is 2. The van der Waals surface area contributed by atoms with Crippen LogP contribution in [-0.4, -0.2) is 46.0 Å². The summed E-state index contributed by atoms with van der Waals surface area (Å²) in [6.07, 6.45) is 2.57. The third-order valence-electron chi connectivity index (χ3n) is 5.97. The van der Waals surface area contributed by atoms with Crippen LogP contribution in [0.2, 0.25) is 5.02 Å². The minimum Gasteiger partial charge on any atom is -0.350 e. The fraction of sp³-hybridized carbons (Fsp3) is 0.360. The quantitative estimate of drug-likeness (QED) is 0.488. The van der Waals surface area contributed by atoms with Gasteiger partial charge in [0.25, 0.3) is 5.56 Å². The van der Waals surface area contributed by atoms with Crippen molar-refractivity contribution < 1.29 is 9.59 Å². The van der Waals surface area contributed by atoms with Gasteiger partial charge in [0.1, 0.15) is 0 Å². The Bertz CT molecular complexity index is 1200. The summed E-state index contributed by atoms with van der Waals surface area (Å²) in [4.78, 5) is 39.9. The zero-order chi connectivity index (χ0) is 23.2. The fourth-order valence-corrected chi connectivity index (χ4v) is 4.23. The molecule has 1 fully saturated rings. The number of likely N-dealkylation sites (tertiary alicyclic amines) is 1. The molecule has 1 aromatic heterocycles. The number of Topliss-reactive ketones (excluding diaryl/α,β-unsaturated/α-hetero) is 1. The van der Waals surface area contributed by atoms with Gasteiger partial charge in [-0.25, -0.2) is 4.68 Å². The number of carbonyl (C=O) groups excluding carboxylic acids is 2. The van der Waals surface area contributed by atoms with E-state index in [4.69, 9.17) is 11.6 Å². The standard InChI is InChI=1S/C25H27ClN4O3/c26-19-9-7-18(8-10-19)23(31)11-12-24(32)27-17-22-20-5-1-2-6-21(20)25(33)30(28-22)16-15-29-13-3-4-14-29/h1-2,5-10H,3-4,11-17H2,(H,27,32). The molecule has 1 amide bonds. The zero-order valence-electron chi connectivity index (χ0n) is 18.4. The number of fused-ring (bicyclic) bond motifs is 1. The molecular weight excluding hydrogens is 440 g/mol. The molecule has 0 saturated carbocycles. The Morgan fingerprint density at radius 3 is 2.36 bits per heavy atom. The van der Waals surface area contributed by atoms with Crippen LogP contribution in [-0.2, 0) is 17.9 Å². The van der Waals surface area contributed by atoms with Crippen LogP contribution in [0.3, 0.4) is 0 Å². The van der Waals surface area contributed by atoms with Crippen LogP contribution in [0, 0.1) is 0 Å². The molecule has 2 heterocycles. The smallest absolute Gasteiger partial charge is 0.274 e.